The largest absolute Gasteiger partial charge is 0.447 e. The summed E-state index contributed by atoms with van der Waals surface area (Å²) in [4.78, 5) is 0. The summed E-state index contributed by atoms with van der Waals surface area (Å²) < 4.78 is 32.4. The molecule has 0 aliphatic carbocycles. The van der Waals surface area contributed by atoms with Crippen LogP contribution < -0.4 is 5.32 Å². The Morgan fingerprint density at radius 2 is 1.95 bits per heavy atom. The van der Waals surface area contributed by atoms with E-state index in [9.17, 15) is 8.42 Å². The highest BCUT2D eigenvalue weighted by molar-refractivity contribution is 9.10. The molecule has 0 aliphatic rings. The number of nitrogens with zero attached hydrogens (tertiary/aromatic N) is 1. The molecule has 0 unspecified atom stereocenters. The van der Waals surface area contributed by atoms with Crippen molar-refractivity contribution in [1.82, 2.24) is 9.62 Å². The molecule has 1 N–H and O–H groups in total. The molecule has 114 valence electrons. The quantitative estimate of drug-likeness (QED) is 0.846. The van der Waals surface area contributed by atoms with Crippen molar-refractivity contribution in [3.05, 3.63) is 52.2 Å². The number of furan rings is 1. The van der Waals surface area contributed by atoms with E-state index in [4.69, 9.17) is 4.42 Å². The molecule has 0 amide bonds. The summed E-state index contributed by atoms with van der Waals surface area (Å²) in [7, 11) is -0.323. The van der Waals surface area contributed by atoms with Gasteiger partial charge in [-0.25, -0.2) is 8.42 Å². The van der Waals surface area contributed by atoms with Gasteiger partial charge < -0.3 is 9.73 Å². The van der Waals surface area contributed by atoms with E-state index in [0.717, 1.165) is 10.0 Å². The molecule has 5 nitrogen and oxygen atoms in total. The van der Waals surface area contributed by atoms with Crippen molar-refractivity contribution in [2.24, 2.45) is 0 Å². The Bertz CT molecular complexity index is 713. The Morgan fingerprint density at radius 3 is 2.62 bits per heavy atom. The molecule has 0 bridgehead atoms. The number of hydrogen-bond acceptors (Lipinski definition) is 4. The van der Waals surface area contributed by atoms with Crippen LogP contribution in [0.1, 0.15) is 11.3 Å². The van der Waals surface area contributed by atoms with E-state index in [1.54, 1.807) is 13.1 Å². The zero-order valence-electron chi connectivity index (χ0n) is 11.8. The number of benzene rings is 1. The Morgan fingerprint density at radius 1 is 1.24 bits per heavy atom. The molecule has 21 heavy (non-hydrogen) atoms. The summed E-state index contributed by atoms with van der Waals surface area (Å²) in [5.74, 6) is 0.588. The first-order valence-corrected chi connectivity index (χ1v) is 8.61. The number of sulfonamides is 1. The highest BCUT2D eigenvalue weighted by atomic mass is 79.9. The number of hydrogen-bond donors (Lipinski definition) is 1. The summed E-state index contributed by atoms with van der Waals surface area (Å²) in [6, 6.07) is 10.7. The predicted octanol–water partition coefficient (Wildman–Crippen LogP) is 2.58. The number of halogens is 1. The lowest BCUT2D eigenvalue weighted by atomic mass is 10.2. The predicted molar refractivity (Wildman–Crippen MR) is 84.3 cm³/mol. The first-order chi connectivity index (χ1) is 9.95. The standard InChI is InChI=1S/C14H17BrN2O3S/c1-16-9-12-7-8-14(20-12)21(18,19)17(2)10-11-5-3-4-6-13(11)15/h3-8,16H,9-10H2,1-2H3. The lowest BCUT2D eigenvalue weighted by Crippen LogP contribution is -2.26. The summed E-state index contributed by atoms with van der Waals surface area (Å²) in [5.41, 5.74) is 0.894. The molecule has 1 heterocycles. The van der Waals surface area contributed by atoms with Gasteiger partial charge >= 0.3 is 0 Å². The van der Waals surface area contributed by atoms with Crippen molar-refractivity contribution in [3.63, 3.8) is 0 Å². The maximum absolute atomic E-state index is 12.5. The van der Waals surface area contributed by atoms with Crippen LogP contribution in [0.4, 0.5) is 0 Å². The molecule has 0 saturated heterocycles. The average molecular weight is 373 g/mol. The van der Waals surface area contributed by atoms with Gasteiger partial charge in [0.2, 0.25) is 5.09 Å². The van der Waals surface area contributed by atoms with Crippen molar-refractivity contribution in [2.75, 3.05) is 14.1 Å². The molecular weight excluding hydrogens is 356 g/mol. The molecule has 1 aromatic carbocycles. The Hall–Kier alpha value is -1.15. The molecule has 7 heteroatoms. The first kappa shape index (κ1) is 16.2. The molecule has 0 aliphatic heterocycles. The van der Waals surface area contributed by atoms with Gasteiger partial charge in [-0.2, -0.15) is 4.31 Å². The van der Waals surface area contributed by atoms with Crippen molar-refractivity contribution < 1.29 is 12.8 Å². The van der Waals surface area contributed by atoms with E-state index >= 15 is 0 Å². The van der Waals surface area contributed by atoms with E-state index < -0.39 is 10.0 Å². The van der Waals surface area contributed by atoms with Gasteiger partial charge in [-0.15, -0.1) is 0 Å². The van der Waals surface area contributed by atoms with Crippen LogP contribution in [0.2, 0.25) is 0 Å². The lowest BCUT2D eigenvalue weighted by molar-refractivity contribution is 0.382. The van der Waals surface area contributed by atoms with Crippen LogP contribution in [0.3, 0.4) is 0 Å². The van der Waals surface area contributed by atoms with Gasteiger partial charge in [-0.1, -0.05) is 34.1 Å². The fourth-order valence-electron chi connectivity index (χ4n) is 1.87. The van der Waals surface area contributed by atoms with Crippen LogP contribution >= 0.6 is 15.9 Å². The minimum absolute atomic E-state index is 0.0395. The third-order valence-electron chi connectivity index (χ3n) is 3.00. The van der Waals surface area contributed by atoms with Gasteiger partial charge in [0.05, 0.1) is 6.54 Å². The normalized spacial score (nSPS) is 12.0. The molecule has 1 aromatic heterocycles. The van der Waals surface area contributed by atoms with Gasteiger partial charge in [-0.05, 0) is 30.8 Å². The minimum Gasteiger partial charge on any atom is -0.447 e. The second-order valence-corrected chi connectivity index (χ2v) is 7.43. The zero-order valence-corrected chi connectivity index (χ0v) is 14.2. The average Bonchev–Trinajstić information content (AvgIpc) is 2.91. The Labute approximate surface area is 133 Å². The van der Waals surface area contributed by atoms with Gasteiger partial charge in [0, 0.05) is 18.1 Å². The SMILES string of the molecule is CNCc1ccc(S(=O)(=O)N(C)Cc2ccccc2Br)o1. The van der Waals surface area contributed by atoms with Crippen LogP contribution in [0, 0.1) is 0 Å². The van der Waals surface area contributed by atoms with Crippen molar-refractivity contribution in [3.8, 4) is 0 Å². The van der Waals surface area contributed by atoms with Gasteiger partial charge in [0.1, 0.15) is 5.76 Å². The van der Waals surface area contributed by atoms with Gasteiger partial charge in [0.25, 0.3) is 10.0 Å². The molecule has 0 fully saturated rings. The molecule has 0 saturated carbocycles. The van der Waals surface area contributed by atoms with Crippen LogP contribution in [-0.2, 0) is 23.1 Å². The van der Waals surface area contributed by atoms with E-state index in [1.165, 1.54) is 17.4 Å². The van der Waals surface area contributed by atoms with Crippen molar-refractivity contribution >= 4 is 26.0 Å². The number of rotatable bonds is 6. The second kappa shape index (κ2) is 6.74. The van der Waals surface area contributed by atoms with Gasteiger partial charge in [-0.3, -0.25) is 0 Å². The van der Waals surface area contributed by atoms with Gasteiger partial charge in [0.15, 0.2) is 0 Å². The molecule has 2 rings (SSSR count). The monoisotopic (exact) mass is 372 g/mol. The van der Waals surface area contributed by atoms with E-state index in [2.05, 4.69) is 21.2 Å². The number of nitrogens with one attached hydrogen (secondary N) is 1. The van der Waals surface area contributed by atoms with Crippen molar-refractivity contribution in [2.45, 2.75) is 18.2 Å². The van der Waals surface area contributed by atoms with Crippen molar-refractivity contribution in [1.29, 1.82) is 0 Å². The smallest absolute Gasteiger partial charge is 0.276 e. The second-order valence-electron chi connectivity index (χ2n) is 4.60. The third kappa shape index (κ3) is 3.74. The third-order valence-corrected chi connectivity index (χ3v) is 5.45. The Kier molecular flexibility index (Phi) is 5.21. The Balaban J connectivity index is 2.20. The molecule has 2 aromatic rings. The minimum atomic E-state index is -3.63. The highest BCUT2D eigenvalue weighted by Crippen LogP contribution is 2.22. The fraction of sp³-hybridized carbons (Fsp3) is 0.286. The summed E-state index contributed by atoms with van der Waals surface area (Å²) in [5, 5.41) is 2.88. The van der Waals surface area contributed by atoms with E-state index in [1.807, 2.05) is 24.3 Å². The highest BCUT2D eigenvalue weighted by Gasteiger charge is 2.25. The maximum Gasteiger partial charge on any atom is 0.276 e. The lowest BCUT2D eigenvalue weighted by Gasteiger charge is -2.16. The molecule has 0 radical (unpaired) electrons. The summed E-state index contributed by atoms with van der Waals surface area (Å²) in [6.07, 6.45) is 0. The topological polar surface area (TPSA) is 62.6 Å². The molecule has 0 atom stereocenters. The van der Waals surface area contributed by atoms with Crippen LogP contribution in [0.5, 0.6) is 0 Å². The maximum atomic E-state index is 12.5. The van der Waals surface area contributed by atoms with E-state index in [0.29, 0.717) is 12.3 Å². The first-order valence-electron chi connectivity index (χ1n) is 6.38. The van der Waals surface area contributed by atoms with Crippen LogP contribution in [0.25, 0.3) is 0 Å². The summed E-state index contributed by atoms with van der Waals surface area (Å²) in [6.45, 7) is 0.759. The fourth-order valence-corrected chi connectivity index (χ4v) is 3.35. The summed E-state index contributed by atoms with van der Waals surface area (Å²) >= 11 is 3.42. The molecule has 0 spiro atoms. The zero-order chi connectivity index (χ0) is 15.5. The van der Waals surface area contributed by atoms with E-state index in [-0.39, 0.29) is 11.6 Å². The molecular formula is C14H17BrN2O3S. The van der Waals surface area contributed by atoms with Crippen LogP contribution in [-0.4, -0.2) is 26.8 Å². The van der Waals surface area contributed by atoms with Crippen LogP contribution in [0.15, 0.2) is 50.4 Å².